The molecular weight excluding hydrogens is 188 g/mol. The number of amides is 1. The Balaban J connectivity index is 2.20. The second-order valence-corrected chi connectivity index (χ2v) is 4.96. The lowest BCUT2D eigenvalue weighted by Gasteiger charge is -2.32. The molecule has 1 fully saturated rings. The summed E-state index contributed by atoms with van der Waals surface area (Å²) in [6, 6.07) is 0.779. The molecule has 1 rings (SSSR count). The van der Waals surface area contributed by atoms with E-state index in [1.54, 1.807) is 4.90 Å². The number of carbonyl (C=O) groups excluding carboxylic acids is 1. The van der Waals surface area contributed by atoms with Crippen molar-refractivity contribution in [1.82, 2.24) is 10.2 Å². The van der Waals surface area contributed by atoms with Gasteiger partial charge in [0.25, 0.3) is 0 Å². The fraction of sp³-hybridized carbons (Fsp3) is 0.917. The zero-order valence-corrected chi connectivity index (χ0v) is 10.4. The first-order valence-electron chi connectivity index (χ1n) is 6.01. The minimum absolute atomic E-state index is 0.191. The van der Waals surface area contributed by atoms with Crippen molar-refractivity contribution in [2.24, 2.45) is 5.92 Å². The quantitative estimate of drug-likeness (QED) is 0.751. The van der Waals surface area contributed by atoms with E-state index in [1.165, 1.54) is 19.3 Å². The molecule has 0 aromatic carbocycles. The normalized spacial score (nSPS) is 18.7. The summed E-state index contributed by atoms with van der Waals surface area (Å²) >= 11 is 0. The highest BCUT2D eigenvalue weighted by atomic mass is 16.2. The first-order valence-corrected chi connectivity index (χ1v) is 6.01. The monoisotopic (exact) mass is 212 g/mol. The van der Waals surface area contributed by atoms with Crippen molar-refractivity contribution in [3.63, 3.8) is 0 Å². The third-order valence-corrected chi connectivity index (χ3v) is 3.60. The van der Waals surface area contributed by atoms with E-state index in [2.05, 4.69) is 12.2 Å². The topological polar surface area (TPSA) is 32.3 Å². The lowest BCUT2D eigenvalue weighted by atomic mass is 9.80. The molecule has 1 saturated carbocycles. The summed E-state index contributed by atoms with van der Waals surface area (Å²) in [5.41, 5.74) is 0. The van der Waals surface area contributed by atoms with Gasteiger partial charge in [0.1, 0.15) is 0 Å². The van der Waals surface area contributed by atoms with Gasteiger partial charge in [0.2, 0.25) is 5.91 Å². The Hall–Kier alpha value is -0.570. The molecule has 3 nitrogen and oxygen atoms in total. The molecule has 3 heteroatoms. The van der Waals surface area contributed by atoms with Crippen molar-refractivity contribution in [3.05, 3.63) is 0 Å². The number of likely N-dealkylation sites (N-methyl/N-ethyl adjacent to an activating group) is 1. The van der Waals surface area contributed by atoms with Gasteiger partial charge in [-0.2, -0.15) is 0 Å². The second kappa shape index (κ2) is 5.50. The van der Waals surface area contributed by atoms with Crippen LogP contribution in [0.1, 0.15) is 40.0 Å². The summed E-state index contributed by atoms with van der Waals surface area (Å²) in [6.07, 6.45) is 4.00. The van der Waals surface area contributed by atoms with Gasteiger partial charge in [-0.25, -0.2) is 0 Å². The smallest absolute Gasteiger partial charge is 0.236 e. The van der Waals surface area contributed by atoms with Gasteiger partial charge >= 0.3 is 0 Å². The molecule has 1 N–H and O–H groups in total. The van der Waals surface area contributed by atoms with Crippen LogP contribution in [0.2, 0.25) is 0 Å². The summed E-state index contributed by atoms with van der Waals surface area (Å²) < 4.78 is 0. The molecule has 0 saturated heterocycles. The largest absolute Gasteiger partial charge is 0.342 e. The van der Waals surface area contributed by atoms with Crippen LogP contribution in [0.25, 0.3) is 0 Å². The average Bonchev–Trinajstić information content (AvgIpc) is 2.09. The number of carbonyl (C=O) groups is 1. The molecule has 15 heavy (non-hydrogen) atoms. The van der Waals surface area contributed by atoms with Crippen LogP contribution in [0.4, 0.5) is 0 Å². The van der Waals surface area contributed by atoms with Crippen molar-refractivity contribution >= 4 is 5.91 Å². The fourth-order valence-electron chi connectivity index (χ4n) is 1.77. The van der Waals surface area contributed by atoms with Crippen LogP contribution in [0.5, 0.6) is 0 Å². The van der Waals surface area contributed by atoms with Gasteiger partial charge in [-0.05, 0) is 39.5 Å². The van der Waals surface area contributed by atoms with E-state index in [9.17, 15) is 4.79 Å². The molecule has 1 aliphatic rings. The number of hydrogen-bond acceptors (Lipinski definition) is 2. The number of nitrogens with one attached hydrogen (secondary N) is 1. The maximum absolute atomic E-state index is 11.7. The van der Waals surface area contributed by atoms with Crippen molar-refractivity contribution in [1.29, 1.82) is 0 Å². The molecule has 1 aliphatic carbocycles. The van der Waals surface area contributed by atoms with Crippen LogP contribution in [-0.4, -0.2) is 36.5 Å². The third kappa shape index (κ3) is 3.49. The first kappa shape index (κ1) is 12.5. The van der Waals surface area contributed by atoms with Crippen LogP contribution >= 0.6 is 0 Å². The van der Waals surface area contributed by atoms with Crippen molar-refractivity contribution in [2.45, 2.75) is 52.1 Å². The molecule has 0 aliphatic heterocycles. The van der Waals surface area contributed by atoms with Crippen molar-refractivity contribution in [2.75, 3.05) is 13.6 Å². The molecule has 0 aromatic rings. The maximum Gasteiger partial charge on any atom is 0.236 e. The predicted octanol–water partition coefficient (Wildman–Crippen LogP) is 1.63. The second-order valence-electron chi connectivity index (χ2n) is 4.96. The number of hydrogen-bond donors (Lipinski definition) is 1. The van der Waals surface area contributed by atoms with Crippen LogP contribution in [0.3, 0.4) is 0 Å². The first-order chi connectivity index (χ1) is 7.02. The molecule has 1 amide bonds. The van der Waals surface area contributed by atoms with Gasteiger partial charge < -0.3 is 10.2 Å². The van der Waals surface area contributed by atoms with E-state index in [4.69, 9.17) is 0 Å². The SMILES string of the molecule is CC(NCC(=O)N(C)C(C)C)C1CCC1. The van der Waals surface area contributed by atoms with Gasteiger partial charge in [-0.1, -0.05) is 6.42 Å². The van der Waals surface area contributed by atoms with Gasteiger partial charge in [-0.3, -0.25) is 4.79 Å². The van der Waals surface area contributed by atoms with E-state index >= 15 is 0 Å². The molecule has 0 spiro atoms. The molecule has 0 radical (unpaired) electrons. The summed E-state index contributed by atoms with van der Waals surface area (Å²) in [6.45, 7) is 6.74. The van der Waals surface area contributed by atoms with E-state index in [0.29, 0.717) is 18.6 Å². The molecule has 0 bridgehead atoms. The lowest BCUT2D eigenvalue weighted by molar-refractivity contribution is -0.130. The van der Waals surface area contributed by atoms with Crippen molar-refractivity contribution < 1.29 is 4.79 Å². The Morgan fingerprint density at radius 3 is 2.40 bits per heavy atom. The summed E-state index contributed by atoms with van der Waals surface area (Å²) in [4.78, 5) is 13.5. The highest BCUT2D eigenvalue weighted by Crippen LogP contribution is 2.29. The molecule has 1 atom stereocenters. The van der Waals surface area contributed by atoms with Crippen LogP contribution < -0.4 is 5.32 Å². The van der Waals surface area contributed by atoms with E-state index in [1.807, 2.05) is 20.9 Å². The summed E-state index contributed by atoms with van der Waals surface area (Å²) in [5, 5.41) is 3.33. The Labute approximate surface area is 93.2 Å². The summed E-state index contributed by atoms with van der Waals surface area (Å²) in [5.74, 6) is 0.985. The standard InChI is InChI=1S/C12H24N2O/c1-9(2)14(4)12(15)8-13-10(3)11-6-5-7-11/h9-11,13H,5-8H2,1-4H3. The Bertz CT molecular complexity index is 212. The third-order valence-electron chi connectivity index (χ3n) is 3.60. The van der Waals surface area contributed by atoms with Crippen molar-refractivity contribution in [3.8, 4) is 0 Å². The zero-order chi connectivity index (χ0) is 11.4. The van der Waals surface area contributed by atoms with E-state index in [-0.39, 0.29) is 5.91 Å². The van der Waals surface area contributed by atoms with Gasteiger partial charge in [0.05, 0.1) is 6.54 Å². The van der Waals surface area contributed by atoms with Crippen LogP contribution in [0.15, 0.2) is 0 Å². The molecule has 0 heterocycles. The molecule has 1 unspecified atom stereocenters. The molecular formula is C12H24N2O. The van der Waals surface area contributed by atoms with Gasteiger partial charge in [0.15, 0.2) is 0 Å². The van der Waals surface area contributed by atoms with E-state index < -0.39 is 0 Å². The minimum atomic E-state index is 0.191. The van der Waals surface area contributed by atoms with Gasteiger partial charge in [0, 0.05) is 19.1 Å². The minimum Gasteiger partial charge on any atom is -0.342 e. The summed E-state index contributed by atoms with van der Waals surface area (Å²) in [7, 11) is 1.86. The Kier molecular flexibility index (Phi) is 4.58. The highest BCUT2D eigenvalue weighted by molar-refractivity contribution is 5.78. The van der Waals surface area contributed by atoms with Crippen LogP contribution in [-0.2, 0) is 4.79 Å². The zero-order valence-electron chi connectivity index (χ0n) is 10.4. The number of nitrogens with zero attached hydrogens (tertiary/aromatic N) is 1. The molecule has 0 aromatic heterocycles. The fourth-order valence-corrected chi connectivity index (χ4v) is 1.77. The predicted molar refractivity (Wildman–Crippen MR) is 62.7 cm³/mol. The van der Waals surface area contributed by atoms with E-state index in [0.717, 1.165) is 5.92 Å². The van der Waals surface area contributed by atoms with Gasteiger partial charge in [-0.15, -0.1) is 0 Å². The maximum atomic E-state index is 11.7. The average molecular weight is 212 g/mol. The molecule has 88 valence electrons. The highest BCUT2D eigenvalue weighted by Gasteiger charge is 2.24. The lowest BCUT2D eigenvalue weighted by Crippen LogP contribution is -2.45. The Morgan fingerprint density at radius 2 is 2.00 bits per heavy atom. The Morgan fingerprint density at radius 1 is 1.40 bits per heavy atom. The van der Waals surface area contributed by atoms with Crippen LogP contribution in [0, 0.1) is 5.92 Å². The number of rotatable bonds is 5.